The van der Waals surface area contributed by atoms with Crippen LogP contribution in [0.5, 0.6) is 0 Å². The summed E-state index contributed by atoms with van der Waals surface area (Å²) in [5.41, 5.74) is -0.565. The molecule has 6 heteroatoms. The van der Waals surface area contributed by atoms with Crippen molar-refractivity contribution in [3.63, 3.8) is 0 Å². The summed E-state index contributed by atoms with van der Waals surface area (Å²) < 4.78 is 4.96. The molecule has 6 nitrogen and oxygen atoms in total. The lowest BCUT2D eigenvalue weighted by Gasteiger charge is -2.36. The Hall–Kier alpha value is -1.30. The molecule has 1 aliphatic rings. The minimum Gasteiger partial charge on any atom is -0.481 e. The van der Waals surface area contributed by atoms with E-state index in [0.29, 0.717) is 6.54 Å². The van der Waals surface area contributed by atoms with Gasteiger partial charge in [-0.2, -0.15) is 0 Å². The number of hydrogen-bond donors (Lipinski definition) is 3. The van der Waals surface area contributed by atoms with Crippen molar-refractivity contribution in [3.8, 4) is 0 Å². The van der Waals surface area contributed by atoms with Gasteiger partial charge < -0.3 is 20.5 Å². The van der Waals surface area contributed by atoms with Gasteiger partial charge in [0.1, 0.15) is 0 Å². The summed E-state index contributed by atoms with van der Waals surface area (Å²) in [6.45, 7) is 1.35. The third-order valence-electron chi connectivity index (χ3n) is 3.99. The minimum atomic E-state index is -0.850. The quantitative estimate of drug-likeness (QED) is 0.570. The van der Waals surface area contributed by atoms with Gasteiger partial charge in [0.15, 0.2) is 0 Å². The van der Waals surface area contributed by atoms with Crippen LogP contribution in [0.25, 0.3) is 0 Å². The van der Waals surface area contributed by atoms with Gasteiger partial charge in [-0.3, -0.25) is 4.79 Å². The predicted molar refractivity (Wildman–Crippen MR) is 80.3 cm³/mol. The van der Waals surface area contributed by atoms with Crippen LogP contribution >= 0.6 is 0 Å². The largest absolute Gasteiger partial charge is 0.481 e. The van der Waals surface area contributed by atoms with Crippen LogP contribution in [-0.2, 0) is 9.53 Å². The fourth-order valence-electron chi connectivity index (χ4n) is 2.90. The zero-order valence-corrected chi connectivity index (χ0v) is 13.0. The van der Waals surface area contributed by atoms with Crippen LogP contribution in [0.3, 0.4) is 0 Å². The zero-order valence-electron chi connectivity index (χ0n) is 13.0. The van der Waals surface area contributed by atoms with Crippen molar-refractivity contribution in [1.29, 1.82) is 0 Å². The highest BCUT2D eigenvalue weighted by Gasteiger charge is 2.35. The van der Waals surface area contributed by atoms with Gasteiger partial charge in [-0.1, -0.05) is 19.3 Å². The van der Waals surface area contributed by atoms with Crippen molar-refractivity contribution >= 4 is 12.0 Å². The van der Waals surface area contributed by atoms with Gasteiger partial charge in [0.25, 0.3) is 0 Å². The number of unbranched alkanes of at least 4 members (excludes halogenated alkanes) is 2. The number of carbonyl (C=O) groups excluding carboxylic acids is 1. The summed E-state index contributed by atoms with van der Waals surface area (Å²) in [4.78, 5) is 23.0. The molecule has 21 heavy (non-hydrogen) atoms. The number of urea groups is 1. The molecule has 0 spiro atoms. The molecule has 0 radical (unpaired) electrons. The summed E-state index contributed by atoms with van der Waals surface area (Å²) in [6.07, 6.45) is 7.48. The van der Waals surface area contributed by atoms with Crippen LogP contribution in [0.4, 0.5) is 4.79 Å². The van der Waals surface area contributed by atoms with E-state index in [1.807, 2.05) is 0 Å². The summed E-state index contributed by atoms with van der Waals surface area (Å²) in [7, 11) is 1.68. The van der Waals surface area contributed by atoms with Gasteiger partial charge in [0.05, 0.1) is 12.0 Å². The van der Waals surface area contributed by atoms with Gasteiger partial charge >= 0.3 is 12.0 Å². The van der Waals surface area contributed by atoms with Gasteiger partial charge in [-0.25, -0.2) is 4.79 Å². The third-order valence-corrected chi connectivity index (χ3v) is 3.99. The van der Waals surface area contributed by atoms with Crippen LogP contribution in [0, 0.1) is 0 Å². The molecule has 0 aliphatic heterocycles. The molecule has 0 bridgehead atoms. The molecule has 0 atom stereocenters. The number of rotatable bonds is 9. The Kier molecular flexibility index (Phi) is 8.12. The minimum absolute atomic E-state index is 0.00819. The van der Waals surface area contributed by atoms with Crippen molar-refractivity contribution in [2.24, 2.45) is 0 Å². The molecule has 0 aromatic rings. The fourth-order valence-corrected chi connectivity index (χ4v) is 2.90. The lowest BCUT2D eigenvalue weighted by Crippen LogP contribution is -2.54. The van der Waals surface area contributed by atoms with E-state index in [1.54, 1.807) is 7.11 Å². The topological polar surface area (TPSA) is 87.7 Å². The molecule has 0 saturated heterocycles. The van der Waals surface area contributed by atoms with Gasteiger partial charge in [0, 0.05) is 20.3 Å². The van der Waals surface area contributed by atoms with E-state index in [2.05, 4.69) is 10.6 Å². The number of nitrogens with one attached hydrogen (secondary N) is 2. The first kappa shape index (κ1) is 17.8. The van der Waals surface area contributed by atoms with Crippen LogP contribution in [0.15, 0.2) is 0 Å². The smallest absolute Gasteiger partial charge is 0.315 e. The average Bonchev–Trinajstić information content (AvgIpc) is 2.42. The van der Waals surface area contributed by atoms with E-state index < -0.39 is 11.5 Å². The predicted octanol–water partition coefficient (Wildman–Crippen LogP) is 2.28. The number of amides is 2. The monoisotopic (exact) mass is 300 g/mol. The standard InChI is InChI=1S/C15H28N2O4/c1-21-11-7-3-6-10-16-14(20)17-15(12-13(18)19)8-4-2-5-9-15/h2-12H2,1H3,(H,18,19)(H2,16,17,20). The fraction of sp³-hybridized carbons (Fsp3) is 0.867. The lowest BCUT2D eigenvalue weighted by molar-refractivity contribution is -0.139. The van der Waals surface area contributed by atoms with Crippen molar-refractivity contribution in [2.75, 3.05) is 20.3 Å². The normalized spacial score (nSPS) is 17.2. The van der Waals surface area contributed by atoms with Crippen molar-refractivity contribution in [3.05, 3.63) is 0 Å². The average molecular weight is 300 g/mol. The highest BCUT2D eigenvalue weighted by atomic mass is 16.5. The molecule has 1 aliphatic carbocycles. The summed E-state index contributed by atoms with van der Waals surface area (Å²) >= 11 is 0. The van der Waals surface area contributed by atoms with Crippen LogP contribution in [0.2, 0.25) is 0 Å². The summed E-state index contributed by atoms with van der Waals surface area (Å²) in [5.74, 6) is -0.850. The zero-order chi connectivity index (χ0) is 15.6. The number of carbonyl (C=O) groups is 2. The molecule has 122 valence electrons. The van der Waals surface area contributed by atoms with Crippen molar-refractivity contribution in [1.82, 2.24) is 10.6 Å². The Labute approximate surface area is 126 Å². The number of hydrogen-bond acceptors (Lipinski definition) is 3. The van der Waals surface area contributed by atoms with E-state index >= 15 is 0 Å². The summed E-state index contributed by atoms with van der Waals surface area (Å²) in [5, 5.41) is 14.8. The van der Waals surface area contributed by atoms with E-state index in [0.717, 1.165) is 58.0 Å². The SMILES string of the molecule is COCCCCCNC(=O)NC1(CC(=O)O)CCCCC1. The molecule has 0 aromatic carbocycles. The molecule has 1 fully saturated rings. The Balaban J connectivity index is 2.30. The number of carboxylic acids is 1. The van der Waals surface area contributed by atoms with Gasteiger partial charge in [-0.05, 0) is 32.1 Å². The van der Waals surface area contributed by atoms with Crippen molar-refractivity contribution < 1.29 is 19.4 Å². The highest BCUT2D eigenvalue weighted by Crippen LogP contribution is 2.31. The Morgan fingerprint density at radius 2 is 1.86 bits per heavy atom. The van der Waals surface area contributed by atoms with Crippen molar-refractivity contribution in [2.45, 2.75) is 63.3 Å². The number of ether oxygens (including phenoxy) is 1. The van der Waals surface area contributed by atoms with Gasteiger partial charge in [-0.15, -0.1) is 0 Å². The molecular weight excluding hydrogens is 272 g/mol. The maximum atomic E-state index is 11.9. The Bertz CT molecular complexity index is 328. The molecule has 3 N–H and O–H groups in total. The Morgan fingerprint density at radius 1 is 1.14 bits per heavy atom. The first-order chi connectivity index (χ1) is 10.1. The number of methoxy groups -OCH3 is 1. The van der Waals surface area contributed by atoms with E-state index in [-0.39, 0.29) is 12.5 Å². The molecular formula is C15H28N2O4. The first-order valence-electron chi connectivity index (χ1n) is 7.85. The first-order valence-corrected chi connectivity index (χ1v) is 7.85. The molecule has 1 rings (SSSR count). The van der Waals surface area contributed by atoms with E-state index in [4.69, 9.17) is 9.84 Å². The van der Waals surface area contributed by atoms with Gasteiger partial charge in [0.2, 0.25) is 0 Å². The molecule has 2 amide bonds. The second-order valence-corrected chi connectivity index (χ2v) is 5.85. The third kappa shape index (κ3) is 7.32. The lowest BCUT2D eigenvalue weighted by atomic mass is 9.79. The molecule has 0 aromatic heterocycles. The molecule has 0 unspecified atom stereocenters. The highest BCUT2D eigenvalue weighted by molar-refractivity contribution is 5.76. The second-order valence-electron chi connectivity index (χ2n) is 5.85. The van der Waals surface area contributed by atoms with E-state index in [9.17, 15) is 9.59 Å². The second kappa shape index (κ2) is 9.60. The van der Waals surface area contributed by atoms with Crippen LogP contribution < -0.4 is 10.6 Å². The number of aliphatic carboxylic acids is 1. The summed E-state index contributed by atoms with van der Waals surface area (Å²) in [6, 6.07) is -0.245. The molecule has 0 heterocycles. The molecule has 1 saturated carbocycles. The maximum Gasteiger partial charge on any atom is 0.315 e. The van der Waals surface area contributed by atoms with Crippen LogP contribution in [-0.4, -0.2) is 42.9 Å². The number of carboxylic acid groups (broad SMARTS) is 1. The maximum absolute atomic E-state index is 11.9. The van der Waals surface area contributed by atoms with Crippen LogP contribution in [0.1, 0.15) is 57.8 Å². The Morgan fingerprint density at radius 3 is 2.48 bits per heavy atom. The van der Waals surface area contributed by atoms with E-state index in [1.165, 1.54) is 0 Å².